The third-order valence-corrected chi connectivity index (χ3v) is 5.33. The van der Waals surface area contributed by atoms with E-state index in [1.165, 1.54) is 12.0 Å². The van der Waals surface area contributed by atoms with E-state index >= 15 is 0 Å². The zero-order valence-electron chi connectivity index (χ0n) is 15.2. The summed E-state index contributed by atoms with van der Waals surface area (Å²) in [5.74, 6) is 0.688. The Morgan fingerprint density at radius 2 is 1.89 bits per heavy atom. The standard InChI is InChI=1S/C23H22N4/c1-2-7-22-19(4-1)13-21(15-25-22)18-5-3-6-20(12-18)23-9-11-27(26-23)16-17-8-10-24-14-17/h1-7,9,11-13,15,17,24H,8,10,14,16H2. The molecule has 0 amide bonds. The van der Waals surface area contributed by atoms with Crippen LogP contribution in [0.1, 0.15) is 6.42 Å². The molecule has 0 aliphatic carbocycles. The first-order valence-corrected chi connectivity index (χ1v) is 9.55. The molecule has 2 aromatic heterocycles. The van der Waals surface area contributed by atoms with Gasteiger partial charge in [-0.2, -0.15) is 5.10 Å². The molecule has 1 fully saturated rings. The highest BCUT2D eigenvalue weighted by Gasteiger charge is 2.15. The van der Waals surface area contributed by atoms with E-state index in [0.29, 0.717) is 5.92 Å². The lowest BCUT2D eigenvalue weighted by Gasteiger charge is -2.08. The fraction of sp³-hybridized carbons (Fsp3) is 0.217. The van der Waals surface area contributed by atoms with Crippen LogP contribution in [0, 0.1) is 5.92 Å². The molecule has 0 radical (unpaired) electrons. The number of nitrogens with zero attached hydrogens (tertiary/aromatic N) is 3. The van der Waals surface area contributed by atoms with Crippen molar-refractivity contribution >= 4 is 10.9 Å². The minimum absolute atomic E-state index is 0.688. The van der Waals surface area contributed by atoms with E-state index in [1.54, 1.807) is 0 Å². The van der Waals surface area contributed by atoms with Crippen LogP contribution in [0.2, 0.25) is 0 Å². The van der Waals surface area contributed by atoms with Gasteiger partial charge in [0.2, 0.25) is 0 Å². The van der Waals surface area contributed by atoms with Gasteiger partial charge in [-0.15, -0.1) is 0 Å². The SMILES string of the molecule is c1cc(-c2cnc3ccccc3c2)cc(-c2ccn(CC3CCNC3)n2)c1. The quantitative estimate of drug-likeness (QED) is 0.592. The Hall–Kier alpha value is -2.98. The Kier molecular flexibility index (Phi) is 4.18. The molecule has 0 bridgehead atoms. The predicted octanol–water partition coefficient (Wildman–Crippen LogP) is 4.37. The summed E-state index contributed by atoms with van der Waals surface area (Å²) in [5.41, 5.74) is 5.49. The van der Waals surface area contributed by atoms with Crippen molar-refractivity contribution in [3.63, 3.8) is 0 Å². The van der Waals surface area contributed by atoms with Gasteiger partial charge in [0.05, 0.1) is 11.2 Å². The van der Waals surface area contributed by atoms with Crippen LogP contribution in [-0.4, -0.2) is 27.9 Å². The number of pyridine rings is 1. The lowest BCUT2D eigenvalue weighted by atomic mass is 10.0. The molecular weight excluding hydrogens is 332 g/mol. The summed E-state index contributed by atoms with van der Waals surface area (Å²) in [5, 5.41) is 9.39. The van der Waals surface area contributed by atoms with Crippen molar-refractivity contribution in [2.75, 3.05) is 13.1 Å². The first kappa shape index (κ1) is 16.2. The van der Waals surface area contributed by atoms with Gasteiger partial charge >= 0.3 is 0 Å². The van der Waals surface area contributed by atoms with Crippen molar-refractivity contribution in [2.24, 2.45) is 5.92 Å². The van der Waals surface area contributed by atoms with Crippen molar-refractivity contribution in [1.82, 2.24) is 20.1 Å². The fourth-order valence-corrected chi connectivity index (χ4v) is 3.84. The molecule has 2 aromatic carbocycles. The Morgan fingerprint density at radius 3 is 2.81 bits per heavy atom. The van der Waals surface area contributed by atoms with Crippen LogP contribution in [0.15, 0.2) is 73.1 Å². The van der Waals surface area contributed by atoms with Crippen LogP contribution in [0.5, 0.6) is 0 Å². The zero-order valence-corrected chi connectivity index (χ0v) is 15.2. The van der Waals surface area contributed by atoms with Gasteiger partial charge in [-0.1, -0.05) is 36.4 Å². The predicted molar refractivity (Wildman–Crippen MR) is 109 cm³/mol. The summed E-state index contributed by atoms with van der Waals surface area (Å²) in [4.78, 5) is 4.60. The molecule has 5 rings (SSSR count). The minimum atomic E-state index is 0.688. The Balaban J connectivity index is 1.43. The molecule has 4 nitrogen and oxygen atoms in total. The molecule has 3 heterocycles. The number of hydrogen-bond donors (Lipinski definition) is 1. The van der Waals surface area contributed by atoms with Gasteiger partial charge in [0.15, 0.2) is 0 Å². The minimum Gasteiger partial charge on any atom is -0.316 e. The molecule has 0 saturated carbocycles. The summed E-state index contributed by atoms with van der Waals surface area (Å²) in [6.07, 6.45) is 5.28. The van der Waals surface area contributed by atoms with Crippen LogP contribution in [0.3, 0.4) is 0 Å². The number of benzene rings is 2. The van der Waals surface area contributed by atoms with E-state index in [0.717, 1.165) is 47.4 Å². The molecule has 4 aromatic rings. The van der Waals surface area contributed by atoms with E-state index in [1.807, 2.05) is 18.3 Å². The maximum absolute atomic E-state index is 4.80. The van der Waals surface area contributed by atoms with Crippen LogP contribution >= 0.6 is 0 Å². The van der Waals surface area contributed by atoms with Gasteiger partial charge in [-0.05, 0) is 55.3 Å². The molecule has 27 heavy (non-hydrogen) atoms. The topological polar surface area (TPSA) is 42.7 Å². The van der Waals surface area contributed by atoms with Crippen LogP contribution in [0.25, 0.3) is 33.3 Å². The number of hydrogen-bond acceptors (Lipinski definition) is 3. The maximum atomic E-state index is 4.80. The molecule has 4 heteroatoms. The van der Waals surface area contributed by atoms with Gasteiger partial charge in [0, 0.05) is 35.5 Å². The average molecular weight is 354 g/mol. The first-order chi connectivity index (χ1) is 13.3. The smallest absolute Gasteiger partial charge is 0.0923 e. The van der Waals surface area contributed by atoms with Crippen LogP contribution in [0.4, 0.5) is 0 Å². The number of aromatic nitrogens is 3. The number of para-hydroxylation sites is 1. The molecule has 1 atom stereocenters. The lowest BCUT2D eigenvalue weighted by Crippen LogP contribution is -2.14. The molecule has 1 unspecified atom stereocenters. The van der Waals surface area contributed by atoms with Gasteiger partial charge in [0.1, 0.15) is 0 Å². The third-order valence-electron chi connectivity index (χ3n) is 5.33. The normalized spacial score (nSPS) is 16.8. The summed E-state index contributed by atoms with van der Waals surface area (Å²) in [6.45, 7) is 3.21. The maximum Gasteiger partial charge on any atom is 0.0923 e. The van der Waals surface area contributed by atoms with E-state index in [2.05, 4.69) is 69.7 Å². The second-order valence-corrected chi connectivity index (χ2v) is 7.28. The Labute approximate surface area is 158 Å². The van der Waals surface area contributed by atoms with Gasteiger partial charge in [-0.25, -0.2) is 0 Å². The molecule has 1 N–H and O–H groups in total. The monoisotopic (exact) mass is 354 g/mol. The van der Waals surface area contributed by atoms with E-state index in [9.17, 15) is 0 Å². The van der Waals surface area contributed by atoms with Gasteiger partial charge < -0.3 is 5.32 Å². The zero-order chi connectivity index (χ0) is 18.1. The summed E-state index contributed by atoms with van der Waals surface area (Å²) < 4.78 is 2.08. The highest BCUT2D eigenvalue weighted by Crippen LogP contribution is 2.27. The van der Waals surface area contributed by atoms with Crippen molar-refractivity contribution < 1.29 is 0 Å². The van der Waals surface area contributed by atoms with Gasteiger partial charge in [-0.3, -0.25) is 9.67 Å². The Morgan fingerprint density at radius 1 is 0.963 bits per heavy atom. The molecule has 1 aliphatic rings. The molecule has 1 saturated heterocycles. The molecular formula is C23H22N4. The first-order valence-electron chi connectivity index (χ1n) is 9.55. The largest absolute Gasteiger partial charge is 0.316 e. The number of rotatable bonds is 4. The van der Waals surface area contributed by atoms with Crippen LogP contribution < -0.4 is 5.32 Å². The summed E-state index contributed by atoms with van der Waals surface area (Å²) in [7, 11) is 0. The molecule has 0 spiro atoms. The van der Waals surface area contributed by atoms with E-state index in [4.69, 9.17) is 5.10 Å². The van der Waals surface area contributed by atoms with Crippen molar-refractivity contribution in [3.8, 4) is 22.4 Å². The van der Waals surface area contributed by atoms with Crippen LogP contribution in [-0.2, 0) is 6.54 Å². The van der Waals surface area contributed by atoms with Gasteiger partial charge in [0.25, 0.3) is 0 Å². The highest BCUT2D eigenvalue weighted by atomic mass is 15.3. The fourth-order valence-electron chi connectivity index (χ4n) is 3.84. The second kappa shape index (κ2) is 6.97. The molecule has 134 valence electrons. The molecule has 1 aliphatic heterocycles. The lowest BCUT2D eigenvalue weighted by molar-refractivity contribution is 0.450. The number of nitrogens with one attached hydrogen (secondary N) is 1. The van der Waals surface area contributed by atoms with Crippen molar-refractivity contribution in [2.45, 2.75) is 13.0 Å². The second-order valence-electron chi connectivity index (χ2n) is 7.28. The third kappa shape index (κ3) is 3.36. The average Bonchev–Trinajstić information content (AvgIpc) is 3.40. The highest BCUT2D eigenvalue weighted by molar-refractivity contribution is 5.84. The summed E-state index contributed by atoms with van der Waals surface area (Å²) >= 11 is 0. The van der Waals surface area contributed by atoms with Crippen molar-refractivity contribution in [1.29, 1.82) is 0 Å². The summed E-state index contributed by atoms with van der Waals surface area (Å²) in [6, 6.07) is 21.1. The van der Waals surface area contributed by atoms with E-state index < -0.39 is 0 Å². The Bertz CT molecular complexity index is 1080. The van der Waals surface area contributed by atoms with E-state index in [-0.39, 0.29) is 0 Å². The number of fused-ring (bicyclic) bond motifs is 1. The van der Waals surface area contributed by atoms with Crippen molar-refractivity contribution in [3.05, 3.63) is 73.1 Å².